The minimum atomic E-state index is -4.01. The second kappa shape index (κ2) is 12.2. The number of halogens is 2. The average Bonchev–Trinajstić information content (AvgIpc) is 2.89. The fourth-order valence-corrected chi connectivity index (χ4v) is 7.14. The van der Waals surface area contributed by atoms with E-state index in [2.05, 4.69) is 4.90 Å². The van der Waals surface area contributed by atoms with Crippen LogP contribution in [-0.4, -0.2) is 63.4 Å². The molecule has 0 N–H and O–H groups in total. The Bertz CT molecular complexity index is 1430. The molecule has 10 heteroatoms. The topological polar surface area (TPSA) is 70.2 Å². The van der Waals surface area contributed by atoms with E-state index >= 15 is 0 Å². The molecule has 3 aromatic carbocycles. The lowest BCUT2D eigenvalue weighted by atomic mass is 10.1. The second-order valence-electron chi connectivity index (χ2n) is 9.82. The third-order valence-electron chi connectivity index (χ3n) is 6.93. The Balaban J connectivity index is 1.55. The highest BCUT2D eigenvalue weighted by molar-refractivity contribution is 7.89. The lowest BCUT2D eigenvalue weighted by Gasteiger charge is -2.37. The predicted octanol–water partition coefficient (Wildman–Crippen LogP) is 5.47. The van der Waals surface area contributed by atoms with Crippen LogP contribution in [0.5, 0.6) is 5.75 Å². The van der Waals surface area contributed by atoms with Gasteiger partial charge in [0, 0.05) is 38.4 Å². The number of benzene rings is 3. The highest BCUT2D eigenvalue weighted by atomic mass is 35.5. The van der Waals surface area contributed by atoms with Gasteiger partial charge >= 0.3 is 0 Å². The molecule has 3 aromatic rings. The lowest BCUT2D eigenvalue weighted by molar-refractivity contribution is -0.131. The van der Waals surface area contributed by atoms with E-state index in [1.165, 1.54) is 4.31 Å². The summed E-state index contributed by atoms with van der Waals surface area (Å²) in [5.74, 6) is 0.547. The number of methoxy groups -OCH3 is 1. The quantitative estimate of drug-likeness (QED) is 0.348. The number of piperazine rings is 1. The first-order valence-electron chi connectivity index (χ1n) is 12.7. The van der Waals surface area contributed by atoms with Crippen molar-refractivity contribution in [1.82, 2.24) is 9.21 Å². The monoisotopic (exact) mass is 589 g/mol. The zero-order valence-electron chi connectivity index (χ0n) is 22.6. The molecule has 7 nitrogen and oxygen atoms in total. The van der Waals surface area contributed by atoms with Crippen molar-refractivity contribution < 1.29 is 17.9 Å². The highest BCUT2D eigenvalue weighted by Gasteiger charge is 2.32. The van der Waals surface area contributed by atoms with Gasteiger partial charge in [-0.2, -0.15) is 4.31 Å². The molecule has 0 bridgehead atoms. The third-order valence-corrected chi connectivity index (χ3v) is 9.76. The van der Waals surface area contributed by atoms with Crippen LogP contribution in [0.2, 0.25) is 10.0 Å². The first-order valence-corrected chi connectivity index (χ1v) is 14.9. The van der Waals surface area contributed by atoms with Gasteiger partial charge in [0.25, 0.3) is 0 Å². The summed E-state index contributed by atoms with van der Waals surface area (Å²) in [5.41, 5.74) is 3.97. The van der Waals surface area contributed by atoms with E-state index in [0.717, 1.165) is 17.0 Å². The van der Waals surface area contributed by atoms with E-state index in [-0.39, 0.29) is 23.9 Å². The van der Waals surface area contributed by atoms with Gasteiger partial charge in [-0.1, -0.05) is 47.0 Å². The van der Waals surface area contributed by atoms with Crippen LogP contribution < -0.4 is 9.64 Å². The molecule has 1 heterocycles. The minimum Gasteiger partial charge on any atom is -0.497 e. The summed E-state index contributed by atoms with van der Waals surface area (Å²) >= 11 is 12.3. The summed E-state index contributed by atoms with van der Waals surface area (Å²) in [6.07, 6.45) is 0. The van der Waals surface area contributed by atoms with Crippen LogP contribution in [0.25, 0.3) is 0 Å². The number of aryl methyl sites for hydroxylation is 3. The van der Waals surface area contributed by atoms with Gasteiger partial charge < -0.3 is 14.5 Å². The summed E-state index contributed by atoms with van der Waals surface area (Å²) in [5, 5.41) is 0.709. The second-order valence-corrected chi connectivity index (χ2v) is 12.5. The van der Waals surface area contributed by atoms with E-state index in [0.29, 0.717) is 52.9 Å². The number of hydrogen-bond donors (Lipinski definition) is 0. The molecule has 0 unspecified atom stereocenters. The molecule has 0 atom stereocenters. The van der Waals surface area contributed by atoms with Crippen LogP contribution in [0, 0.1) is 20.8 Å². The van der Waals surface area contributed by atoms with Crippen molar-refractivity contribution in [3.63, 3.8) is 0 Å². The van der Waals surface area contributed by atoms with Crippen molar-refractivity contribution in [1.29, 1.82) is 0 Å². The Morgan fingerprint density at radius 3 is 2.08 bits per heavy atom. The molecule has 0 aliphatic carbocycles. The van der Waals surface area contributed by atoms with Crippen LogP contribution in [-0.2, 0) is 21.4 Å². The molecule has 1 aliphatic rings. The van der Waals surface area contributed by atoms with Crippen LogP contribution in [0.15, 0.2) is 59.5 Å². The average molecular weight is 591 g/mol. The van der Waals surface area contributed by atoms with Crippen molar-refractivity contribution in [2.45, 2.75) is 32.2 Å². The van der Waals surface area contributed by atoms with Crippen LogP contribution in [0.1, 0.15) is 22.3 Å². The Kier molecular flexibility index (Phi) is 9.11. The van der Waals surface area contributed by atoms with Gasteiger partial charge in [-0.25, -0.2) is 8.42 Å². The Labute approximate surface area is 240 Å². The van der Waals surface area contributed by atoms with E-state index in [9.17, 15) is 13.2 Å². The van der Waals surface area contributed by atoms with E-state index < -0.39 is 10.0 Å². The predicted molar refractivity (Wildman–Crippen MR) is 156 cm³/mol. The summed E-state index contributed by atoms with van der Waals surface area (Å²) < 4.78 is 34.5. The SMILES string of the molecule is COc1ccc(N2CCN(C(=O)CN(Cc3ccc(Cl)c(Cl)c3)S(=O)(=O)c3c(C)cc(C)cc3C)CC2)cc1. The van der Waals surface area contributed by atoms with Crippen molar-refractivity contribution in [2.75, 3.05) is 44.7 Å². The van der Waals surface area contributed by atoms with Gasteiger partial charge in [0.2, 0.25) is 15.9 Å². The molecule has 1 amide bonds. The van der Waals surface area contributed by atoms with Crippen molar-refractivity contribution >= 4 is 44.8 Å². The van der Waals surface area contributed by atoms with Gasteiger partial charge in [-0.15, -0.1) is 0 Å². The van der Waals surface area contributed by atoms with Crippen LogP contribution in [0.4, 0.5) is 5.69 Å². The zero-order valence-corrected chi connectivity index (χ0v) is 24.9. The normalized spacial score (nSPS) is 14.1. The fourth-order valence-electron chi connectivity index (χ4n) is 5.03. The summed E-state index contributed by atoms with van der Waals surface area (Å²) in [4.78, 5) is 17.6. The Hall–Kier alpha value is -2.78. The first-order chi connectivity index (χ1) is 18.5. The van der Waals surface area contributed by atoms with Crippen molar-refractivity contribution in [3.8, 4) is 5.75 Å². The molecule has 4 rings (SSSR count). The number of anilines is 1. The van der Waals surface area contributed by atoms with Crippen LogP contribution >= 0.6 is 23.2 Å². The number of hydrogen-bond acceptors (Lipinski definition) is 5. The number of rotatable bonds is 8. The maximum Gasteiger partial charge on any atom is 0.244 e. The molecule has 0 aromatic heterocycles. The molecule has 1 fully saturated rings. The number of sulfonamides is 1. The summed E-state index contributed by atoms with van der Waals surface area (Å²) in [6.45, 7) is 7.49. The molecule has 0 spiro atoms. The van der Waals surface area contributed by atoms with Gasteiger partial charge in [0.15, 0.2) is 0 Å². The fraction of sp³-hybridized carbons (Fsp3) is 0.345. The van der Waals surface area contributed by atoms with Gasteiger partial charge in [-0.3, -0.25) is 4.79 Å². The molecule has 1 aliphatic heterocycles. The molecule has 1 saturated heterocycles. The van der Waals surface area contributed by atoms with Gasteiger partial charge in [-0.05, 0) is 73.9 Å². The largest absolute Gasteiger partial charge is 0.497 e. The maximum absolute atomic E-state index is 14.0. The first kappa shape index (κ1) is 29.2. The number of ether oxygens (including phenoxy) is 1. The Morgan fingerprint density at radius 1 is 0.897 bits per heavy atom. The van der Waals surface area contributed by atoms with Gasteiger partial charge in [0.05, 0.1) is 28.6 Å². The Morgan fingerprint density at radius 2 is 1.51 bits per heavy atom. The molecule has 208 valence electrons. The molecule has 0 saturated carbocycles. The van der Waals surface area contributed by atoms with E-state index in [4.69, 9.17) is 27.9 Å². The molecular formula is C29H33Cl2N3O4S. The standard InChI is InChI=1S/C29H33Cl2N3O4S/c1-20-15-21(2)29(22(3)16-20)39(36,37)34(18-23-5-10-26(30)27(31)17-23)19-28(35)33-13-11-32(12-14-33)24-6-8-25(38-4)9-7-24/h5-10,15-17H,11-14,18-19H2,1-4H3. The maximum atomic E-state index is 14.0. The van der Waals surface area contributed by atoms with Crippen LogP contribution in [0.3, 0.4) is 0 Å². The minimum absolute atomic E-state index is 0.0104. The third kappa shape index (κ3) is 6.69. The van der Waals surface area contributed by atoms with Crippen molar-refractivity contribution in [3.05, 3.63) is 86.9 Å². The van der Waals surface area contributed by atoms with E-state index in [1.54, 1.807) is 44.1 Å². The summed E-state index contributed by atoms with van der Waals surface area (Å²) in [7, 11) is -2.38. The number of carbonyl (C=O) groups excluding carboxylic acids is 1. The summed E-state index contributed by atoms with van der Waals surface area (Å²) in [6, 6.07) is 16.5. The molecule has 0 radical (unpaired) electrons. The van der Waals surface area contributed by atoms with Crippen molar-refractivity contribution in [2.24, 2.45) is 0 Å². The van der Waals surface area contributed by atoms with E-state index in [1.807, 2.05) is 43.3 Å². The molecule has 39 heavy (non-hydrogen) atoms. The lowest BCUT2D eigenvalue weighted by Crippen LogP contribution is -2.51. The number of carbonyl (C=O) groups is 1. The van der Waals surface area contributed by atoms with Gasteiger partial charge in [0.1, 0.15) is 5.75 Å². The highest BCUT2D eigenvalue weighted by Crippen LogP contribution is 2.29. The molecular weight excluding hydrogens is 557 g/mol. The smallest absolute Gasteiger partial charge is 0.244 e. The number of nitrogens with zero attached hydrogens (tertiary/aromatic N) is 3. The number of amides is 1. The zero-order chi connectivity index (χ0) is 28.3.